The van der Waals surface area contributed by atoms with Gasteiger partial charge in [0, 0.05) is 6.04 Å². The van der Waals surface area contributed by atoms with Crippen LogP contribution in [0, 0.1) is 0 Å². The fourth-order valence-electron chi connectivity index (χ4n) is 2.95. The molecule has 1 unspecified atom stereocenters. The maximum absolute atomic E-state index is 11.4. The summed E-state index contributed by atoms with van der Waals surface area (Å²) >= 11 is 5.55. The lowest BCUT2D eigenvalue weighted by Crippen LogP contribution is -2.39. The molecule has 0 fully saturated rings. The Kier molecular flexibility index (Phi) is 5.19. The Labute approximate surface area is 141 Å². The smallest absolute Gasteiger partial charge is 0.235 e. The molecule has 120 valence electrons. The van der Waals surface area contributed by atoms with Crippen molar-refractivity contribution in [2.75, 3.05) is 5.88 Å². The summed E-state index contributed by atoms with van der Waals surface area (Å²) in [5.41, 5.74) is 3.75. The first-order chi connectivity index (χ1) is 11.2. The zero-order valence-electron chi connectivity index (χ0n) is 12.9. The van der Waals surface area contributed by atoms with Crippen LogP contribution in [0.15, 0.2) is 48.5 Å². The Morgan fingerprint density at radius 2 is 2.00 bits per heavy atom. The third kappa shape index (κ3) is 4.26. The topological polar surface area (TPSA) is 38.3 Å². The Morgan fingerprint density at radius 1 is 1.17 bits per heavy atom. The van der Waals surface area contributed by atoms with Crippen LogP contribution in [0.25, 0.3) is 0 Å². The minimum absolute atomic E-state index is 0.0234. The first-order valence-corrected chi connectivity index (χ1v) is 8.42. The Bertz CT molecular complexity index is 672. The van der Waals surface area contributed by atoms with Crippen molar-refractivity contribution in [1.82, 2.24) is 5.32 Å². The maximum atomic E-state index is 11.4. The molecule has 3 rings (SSSR count). The molecule has 2 aromatic carbocycles. The predicted octanol–water partition coefficient (Wildman–Crippen LogP) is 3.48. The van der Waals surface area contributed by atoms with Crippen LogP contribution in [0.4, 0.5) is 0 Å². The van der Waals surface area contributed by atoms with E-state index in [2.05, 4.69) is 29.6 Å². The van der Waals surface area contributed by atoms with E-state index in [0.29, 0.717) is 6.61 Å². The number of halogens is 1. The average molecular weight is 330 g/mol. The maximum Gasteiger partial charge on any atom is 0.235 e. The molecule has 0 saturated carbocycles. The molecule has 0 spiro atoms. The molecular weight excluding hydrogens is 310 g/mol. The first kappa shape index (κ1) is 15.9. The summed E-state index contributed by atoms with van der Waals surface area (Å²) in [5.74, 6) is 0.828. The molecule has 0 radical (unpaired) electrons. The van der Waals surface area contributed by atoms with E-state index >= 15 is 0 Å². The molecule has 3 nitrogen and oxygen atoms in total. The minimum Gasteiger partial charge on any atom is -0.489 e. The van der Waals surface area contributed by atoms with Crippen LogP contribution in [0.5, 0.6) is 5.75 Å². The highest BCUT2D eigenvalue weighted by Crippen LogP contribution is 2.26. The van der Waals surface area contributed by atoms with Crippen LogP contribution >= 0.6 is 11.6 Å². The zero-order chi connectivity index (χ0) is 16.1. The number of hydrogen-bond acceptors (Lipinski definition) is 2. The number of rotatable bonds is 5. The standard InChI is InChI=1S/C19H20ClNO2/c20-12-19(22)21-17-8-6-16-11-18(9-7-15(16)10-17)23-13-14-4-2-1-3-5-14/h1-5,7,9,11,17H,6,8,10,12-13H2,(H,21,22). The second kappa shape index (κ2) is 7.51. The summed E-state index contributed by atoms with van der Waals surface area (Å²) in [5, 5.41) is 2.97. The van der Waals surface area contributed by atoms with Gasteiger partial charge in [-0.25, -0.2) is 0 Å². The van der Waals surface area contributed by atoms with Gasteiger partial charge in [-0.2, -0.15) is 0 Å². The summed E-state index contributed by atoms with van der Waals surface area (Å²) in [6, 6.07) is 16.6. The molecule has 1 amide bonds. The lowest BCUT2D eigenvalue weighted by molar-refractivity contribution is -0.119. The molecule has 1 aliphatic carbocycles. The lowest BCUT2D eigenvalue weighted by atomic mass is 9.88. The number of carbonyl (C=O) groups excluding carboxylic acids is 1. The van der Waals surface area contributed by atoms with Crippen LogP contribution in [0.2, 0.25) is 0 Å². The summed E-state index contributed by atoms with van der Waals surface area (Å²) in [6.45, 7) is 0.577. The Hall–Kier alpha value is -2.00. The summed E-state index contributed by atoms with van der Waals surface area (Å²) in [7, 11) is 0. The van der Waals surface area contributed by atoms with Gasteiger partial charge in [0.15, 0.2) is 0 Å². The lowest BCUT2D eigenvalue weighted by Gasteiger charge is -2.25. The monoisotopic (exact) mass is 329 g/mol. The molecule has 0 aromatic heterocycles. The minimum atomic E-state index is -0.0945. The number of hydrogen-bond donors (Lipinski definition) is 1. The molecule has 2 aromatic rings. The van der Waals surface area contributed by atoms with E-state index < -0.39 is 0 Å². The Balaban J connectivity index is 1.61. The number of ether oxygens (including phenoxy) is 1. The normalized spacial score (nSPS) is 16.5. The molecule has 0 bridgehead atoms. The quantitative estimate of drug-likeness (QED) is 0.853. The number of benzene rings is 2. The highest BCUT2D eigenvalue weighted by molar-refractivity contribution is 6.27. The molecule has 0 aliphatic heterocycles. The van der Waals surface area contributed by atoms with Gasteiger partial charge in [0.25, 0.3) is 0 Å². The third-order valence-electron chi connectivity index (χ3n) is 4.14. The second-order valence-corrected chi connectivity index (χ2v) is 6.11. The highest BCUT2D eigenvalue weighted by atomic mass is 35.5. The second-order valence-electron chi connectivity index (χ2n) is 5.85. The molecule has 1 N–H and O–H groups in total. The molecule has 1 aliphatic rings. The summed E-state index contributed by atoms with van der Waals surface area (Å²) in [6.07, 6.45) is 2.75. The molecule has 0 saturated heterocycles. The average Bonchev–Trinajstić information content (AvgIpc) is 2.60. The van der Waals surface area contributed by atoms with Crippen LogP contribution in [-0.4, -0.2) is 17.8 Å². The van der Waals surface area contributed by atoms with Crippen molar-refractivity contribution in [2.24, 2.45) is 0 Å². The number of carbonyl (C=O) groups is 1. The number of aryl methyl sites for hydroxylation is 1. The fraction of sp³-hybridized carbons (Fsp3) is 0.316. The van der Waals surface area contributed by atoms with E-state index in [9.17, 15) is 4.79 Å². The van der Waals surface area contributed by atoms with Crippen LogP contribution in [-0.2, 0) is 24.2 Å². The number of alkyl halides is 1. The molecule has 23 heavy (non-hydrogen) atoms. The first-order valence-electron chi connectivity index (χ1n) is 7.88. The van der Waals surface area contributed by atoms with Crippen molar-refractivity contribution in [3.8, 4) is 5.75 Å². The van der Waals surface area contributed by atoms with Crippen molar-refractivity contribution >= 4 is 17.5 Å². The van der Waals surface area contributed by atoms with E-state index in [1.165, 1.54) is 11.1 Å². The predicted molar refractivity (Wildman–Crippen MR) is 91.9 cm³/mol. The largest absolute Gasteiger partial charge is 0.489 e. The van der Waals surface area contributed by atoms with E-state index in [0.717, 1.165) is 30.6 Å². The van der Waals surface area contributed by atoms with Gasteiger partial charge >= 0.3 is 0 Å². The van der Waals surface area contributed by atoms with Gasteiger partial charge in [-0.05, 0) is 48.1 Å². The van der Waals surface area contributed by atoms with Gasteiger partial charge in [0.05, 0.1) is 0 Å². The van der Waals surface area contributed by atoms with Crippen LogP contribution < -0.4 is 10.1 Å². The van der Waals surface area contributed by atoms with Crippen molar-refractivity contribution in [3.63, 3.8) is 0 Å². The van der Waals surface area contributed by atoms with E-state index in [1.54, 1.807) is 0 Å². The van der Waals surface area contributed by atoms with Gasteiger partial charge < -0.3 is 10.1 Å². The van der Waals surface area contributed by atoms with Gasteiger partial charge in [0.2, 0.25) is 5.91 Å². The third-order valence-corrected chi connectivity index (χ3v) is 4.38. The van der Waals surface area contributed by atoms with Gasteiger partial charge in [-0.1, -0.05) is 36.4 Å². The number of fused-ring (bicyclic) bond motifs is 1. The number of nitrogens with one attached hydrogen (secondary N) is 1. The van der Waals surface area contributed by atoms with Crippen LogP contribution in [0.1, 0.15) is 23.1 Å². The van der Waals surface area contributed by atoms with Crippen molar-refractivity contribution in [2.45, 2.75) is 31.9 Å². The fourth-order valence-corrected chi connectivity index (χ4v) is 3.03. The SMILES string of the molecule is O=C(CCl)NC1CCc2cc(OCc3ccccc3)ccc2C1. The van der Waals surface area contributed by atoms with E-state index in [1.807, 2.05) is 24.3 Å². The van der Waals surface area contributed by atoms with E-state index in [4.69, 9.17) is 16.3 Å². The number of amides is 1. The van der Waals surface area contributed by atoms with E-state index in [-0.39, 0.29) is 17.8 Å². The molecule has 1 atom stereocenters. The van der Waals surface area contributed by atoms with Crippen LogP contribution in [0.3, 0.4) is 0 Å². The Morgan fingerprint density at radius 3 is 2.78 bits per heavy atom. The molecular formula is C19H20ClNO2. The van der Waals surface area contributed by atoms with Gasteiger partial charge in [0.1, 0.15) is 18.2 Å². The molecule has 0 heterocycles. The summed E-state index contributed by atoms with van der Waals surface area (Å²) in [4.78, 5) is 11.4. The van der Waals surface area contributed by atoms with Gasteiger partial charge in [-0.15, -0.1) is 11.6 Å². The highest BCUT2D eigenvalue weighted by Gasteiger charge is 2.20. The van der Waals surface area contributed by atoms with Crippen molar-refractivity contribution in [3.05, 3.63) is 65.2 Å². The van der Waals surface area contributed by atoms with Crippen molar-refractivity contribution < 1.29 is 9.53 Å². The van der Waals surface area contributed by atoms with Crippen molar-refractivity contribution in [1.29, 1.82) is 0 Å². The zero-order valence-corrected chi connectivity index (χ0v) is 13.7. The summed E-state index contributed by atoms with van der Waals surface area (Å²) < 4.78 is 5.88. The van der Waals surface area contributed by atoms with Gasteiger partial charge in [-0.3, -0.25) is 4.79 Å². The molecule has 4 heteroatoms.